The first kappa shape index (κ1) is 20.9. The number of benzene rings is 2. The van der Waals surface area contributed by atoms with Crippen LogP contribution < -0.4 is 16.3 Å². The van der Waals surface area contributed by atoms with Crippen LogP contribution in [0.5, 0.6) is 0 Å². The molecule has 4 nitrogen and oxygen atoms in total. The molecule has 142 valence electrons. The molecule has 0 aliphatic rings. The van der Waals surface area contributed by atoms with Crippen molar-refractivity contribution in [3.63, 3.8) is 0 Å². The van der Waals surface area contributed by atoms with Gasteiger partial charge in [-0.25, -0.2) is 0 Å². The van der Waals surface area contributed by atoms with E-state index in [1.165, 1.54) is 0 Å². The molecule has 0 amide bonds. The molecular formula is C21H30NO3P. The van der Waals surface area contributed by atoms with E-state index in [4.69, 9.17) is 10.5 Å². The van der Waals surface area contributed by atoms with Crippen molar-refractivity contribution in [3.05, 3.63) is 60.7 Å². The molecule has 0 heterocycles. The van der Waals surface area contributed by atoms with E-state index in [1.807, 2.05) is 67.6 Å². The van der Waals surface area contributed by atoms with Crippen LogP contribution in [-0.2, 0) is 9.30 Å². The lowest BCUT2D eigenvalue weighted by Gasteiger charge is -2.33. The van der Waals surface area contributed by atoms with Gasteiger partial charge in [-0.15, -0.1) is 0 Å². The van der Waals surface area contributed by atoms with Crippen LogP contribution in [0.1, 0.15) is 33.1 Å². The first-order valence-electron chi connectivity index (χ1n) is 9.30. The Labute approximate surface area is 156 Å². The van der Waals surface area contributed by atoms with E-state index in [0.717, 1.165) is 12.8 Å². The molecule has 0 bridgehead atoms. The third kappa shape index (κ3) is 4.83. The number of hydrogen-bond acceptors (Lipinski definition) is 4. The number of ether oxygens (including phenoxy) is 1. The van der Waals surface area contributed by atoms with Gasteiger partial charge in [-0.3, -0.25) is 0 Å². The van der Waals surface area contributed by atoms with Gasteiger partial charge in [0.25, 0.3) is 0 Å². The SMILES string of the molecule is CCCC(N)C[C@@H](O)[C@@H](OCC)P(=O)(c1ccccc1)c1ccccc1. The normalized spacial score (nSPS) is 15.4. The van der Waals surface area contributed by atoms with Crippen molar-refractivity contribution < 1.29 is 14.4 Å². The fourth-order valence-corrected chi connectivity index (χ4v) is 6.37. The third-order valence-corrected chi connectivity index (χ3v) is 7.85. The average molecular weight is 375 g/mol. The topological polar surface area (TPSA) is 72.6 Å². The first-order chi connectivity index (χ1) is 12.5. The molecule has 0 saturated heterocycles. The Bertz CT molecular complexity index is 649. The molecule has 2 rings (SSSR count). The zero-order chi connectivity index (χ0) is 19.0. The van der Waals surface area contributed by atoms with Crippen LogP contribution in [0.2, 0.25) is 0 Å². The summed E-state index contributed by atoms with van der Waals surface area (Å²) in [6.07, 6.45) is 1.23. The van der Waals surface area contributed by atoms with E-state index >= 15 is 0 Å². The van der Waals surface area contributed by atoms with Crippen LogP contribution in [0, 0.1) is 0 Å². The lowest BCUT2D eigenvalue weighted by atomic mass is 10.1. The smallest absolute Gasteiger partial charge is 0.173 e. The van der Waals surface area contributed by atoms with Crippen LogP contribution in [0.3, 0.4) is 0 Å². The zero-order valence-electron chi connectivity index (χ0n) is 15.6. The van der Waals surface area contributed by atoms with Crippen molar-refractivity contribution >= 4 is 17.8 Å². The van der Waals surface area contributed by atoms with Gasteiger partial charge in [0.2, 0.25) is 0 Å². The summed E-state index contributed by atoms with van der Waals surface area (Å²) in [6, 6.07) is 18.5. The van der Waals surface area contributed by atoms with E-state index in [9.17, 15) is 9.67 Å². The number of rotatable bonds is 10. The molecule has 1 unspecified atom stereocenters. The standard InChI is InChI=1S/C21H30NO3P/c1-3-11-17(22)16-20(23)21(25-4-2)26(24,18-12-7-5-8-13-18)19-14-9-6-10-15-19/h5-10,12-15,17,20-21,23H,3-4,11,16,22H2,1-2H3/t17?,20-,21+/m1/s1. The van der Waals surface area contributed by atoms with Crippen molar-refractivity contribution in [1.82, 2.24) is 0 Å². The Hall–Kier alpha value is -1.45. The maximum atomic E-state index is 14.4. The summed E-state index contributed by atoms with van der Waals surface area (Å²) in [4.78, 5) is 0. The molecule has 0 spiro atoms. The summed E-state index contributed by atoms with van der Waals surface area (Å²) in [5, 5.41) is 12.3. The zero-order valence-corrected chi connectivity index (χ0v) is 16.5. The Morgan fingerprint density at radius 2 is 1.50 bits per heavy atom. The summed E-state index contributed by atoms with van der Waals surface area (Å²) in [5.74, 6) is -0.819. The molecule has 0 saturated carbocycles. The van der Waals surface area contributed by atoms with Gasteiger partial charge < -0.3 is 20.1 Å². The van der Waals surface area contributed by atoms with Crippen LogP contribution in [0.25, 0.3) is 0 Å². The Balaban J connectivity index is 2.48. The predicted molar refractivity (Wildman–Crippen MR) is 109 cm³/mol. The van der Waals surface area contributed by atoms with Gasteiger partial charge >= 0.3 is 0 Å². The van der Waals surface area contributed by atoms with Gasteiger partial charge in [-0.2, -0.15) is 0 Å². The van der Waals surface area contributed by atoms with E-state index < -0.39 is 19.1 Å². The molecule has 3 atom stereocenters. The second kappa shape index (κ2) is 10.0. The number of aliphatic hydroxyl groups excluding tert-OH is 1. The van der Waals surface area contributed by atoms with Crippen molar-refractivity contribution in [3.8, 4) is 0 Å². The predicted octanol–water partition coefficient (Wildman–Crippen LogP) is 3.24. The van der Waals surface area contributed by atoms with Gasteiger partial charge in [0.15, 0.2) is 7.14 Å². The molecule has 2 aromatic carbocycles. The molecule has 5 heteroatoms. The monoisotopic (exact) mass is 375 g/mol. The van der Waals surface area contributed by atoms with Crippen LogP contribution in [0.15, 0.2) is 60.7 Å². The summed E-state index contributed by atoms with van der Waals surface area (Å²) in [7, 11) is -3.21. The molecule has 26 heavy (non-hydrogen) atoms. The Morgan fingerprint density at radius 1 is 1.00 bits per heavy atom. The van der Waals surface area contributed by atoms with Gasteiger partial charge in [-0.05, 0) is 19.8 Å². The first-order valence-corrected chi connectivity index (χ1v) is 11.1. The molecule has 2 aromatic rings. The maximum absolute atomic E-state index is 14.4. The molecule has 0 fully saturated rings. The van der Waals surface area contributed by atoms with Gasteiger partial charge in [0.05, 0.1) is 6.10 Å². The quantitative estimate of drug-likeness (QED) is 0.626. The van der Waals surface area contributed by atoms with Crippen LogP contribution >= 0.6 is 7.14 Å². The lowest BCUT2D eigenvalue weighted by molar-refractivity contribution is 0.00698. The minimum Gasteiger partial charge on any atom is -0.390 e. The highest BCUT2D eigenvalue weighted by molar-refractivity contribution is 7.79. The molecule has 0 aromatic heterocycles. The van der Waals surface area contributed by atoms with Crippen LogP contribution in [0.4, 0.5) is 0 Å². The Kier molecular flexibility index (Phi) is 8.05. The highest BCUT2D eigenvalue weighted by Gasteiger charge is 2.42. The molecule has 0 radical (unpaired) electrons. The molecule has 0 aliphatic heterocycles. The summed E-state index contributed by atoms with van der Waals surface area (Å²) in [6.45, 7) is 4.28. The summed E-state index contributed by atoms with van der Waals surface area (Å²) >= 11 is 0. The Morgan fingerprint density at radius 3 is 1.92 bits per heavy atom. The van der Waals surface area contributed by atoms with Gasteiger partial charge in [-0.1, -0.05) is 74.0 Å². The average Bonchev–Trinajstić information content (AvgIpc) is 2.67. The second-order valence-electron chi connectivity index (χ2n) is 6.53. The number of hydrogen-bond donors (Lipinski definition) is 2. The van der Waals surface area contributed by atoms with E-state index in [1.54, 1.807) is 0 Å². The van der Waals surface area contributed by atoms with E-state index in [-0.39, 0.29) is 6.04 Å². The number of aliphatic hydroxyl groups is 1. The van der Waals surface area contributed by atoms with E-state index in [2.05, 4.69) is 6.92 Å². The summed E-state index contributed by atoms with van der Waals surface area (Å²) in [5.41, 5.74) is 6.13. The van der Waals surface area contributed by atoms with Crippen molar-refractivity contribution in [1.29, 1.82) is 0 Å². The fraction of sp³-hybridized carbons (Fsp3) is 0.429. The highest BCUT2D eigenvalue weighted by atomic mass is 31.2. The number of nitrogens with two attached hydrogens (primary N) is 1. The fourth-order valence-electron chi connectivity index (χ4n) is 3.29. The second-order valence-corrected chi connectivity index (χ2v) is 9.38. The van der Waals surface area contributed by atoms with Crippen molar-refractivity contribution in [2.75, 3.05) is 6.61 Å². The lowest BCUT2D eigenvalue weighted by Crippen LogP contribution is -2.40. The summed E-state index contributed by atoms with van der Waals surface area (Å²) < 4.78 is 20.2. The largest absolute Gasteiger partial charge is 0.390 e. The highest BCUT2D eigenvalue weighted by Crippen LogP contribution is 2.51. The molecule has 3 N–H and O–H groups in total. The van der Waals surface area contributed by atoms with Crippen LogP contribution in [-0.4, -0.2) is 29.7 Å². The minimum atomic E-state index is -3.21. The third-order valence-electron chi connectivity index (χ3n) is 4.51. The molecular weight excluding hydrogens is 345 g/mol. The molecule has 0 aliphatic carbocycles. The van der Waals surface area contributed by atoms with Crippen molar-refractivity contribution in [2.45, 2.75) is 51.1 Å². The van der Waals surface area contributed by atoms with Gasteiger partial charge in [0, 0.05) is 23.3 Å². The van der Waals surface area contributed by atoms with E-state index in [0.29, 0.717) is 23.6 Å². The minimum absolute atomic E-state index is 0.141. The van der Waals surface area contributed by atoms with Crippen molar-refractivity contribution in [2.24, 2.45) is 5.73 Å². The van der Waals surface area contributed by atoms with Gasteiger partial charge in [0.1, 0.15) is 5.85 Å². The maximum Gasteiger partial charge on any atom is 0.173 e.